The summed E-state index contributed by atoms with van der Waals surface area (Å²) in [6.45, 7) is 8.67. The molecule has 0 aliphatic heterocycles. The summed E-state index contributed by atoms with van der Waals surface area (Å²) in [5.74, 6) is 0.359. The minimum atomic E-state index is -0.638. The molecule has 0 saturated heterocycles. The Kier molecular flexibility index (Phi) is 8.50. The van der Waals surface area contributed by atoms with Crippen molar-refractivity contribution in [3.05, 3.63) is 102 Å². The standard InChI is InChI=1S/C27H31N4O.Li/c1-5-21(4)27(22-14-8-6-9-15-22,23-16-10-7-11-17-23)29-32-26(20(2)3)31-25-19-13-12-18-24(25)28-30-31;/h6-21,26H,5H2,1-4H3;/q-1;+1. The van der Waals surface area contributed by atoms with Crippen LogP contribution in [0.5, 0.6) is 0 Å². The first-order valence-corrected chi connectivity index (χ1v) is 11.4. The van der Waals surface area contributed by atoms with Crippen LogP contribution in [0.3, 0.4) is 0 Å². The van der Waals surface area contributed by atoms with E-state index in [2.05, 4.69) is 86.5 Å². The largest absolute Gasteiger partial charge is 1.00 e. The number of rotatable bonds is 9. The summed E-state index contributed by atoms with van der Waals surface area (Å²) < 4.78 is 1.85. The molecule has 0 aliphatic carbocycles. The number of hydrogen-bond donors (Lipinski definition) is 0. The Morgan fingerprint density at radius 3 is 1.94 bits per heavy atom. The van der Waals surface area contributed by atoms with Crippen molar-refractivity contribution in [1.82, 2.24) is 15.0 Å². The fraction of sp³-hybridized carbons (Fsp3) is 0.333. The van der Waals surface area contributed by atoms with E-state index in [1.54, 1.807) is 0 Å². The first-order chi connectivity index (χ1) is 15.6. The Morgan fingerprint density at radius 1 is 0.848 bits per heavy atom. The van der Waals surface area contributed by atoms with Crippen molar-refractivity contribution in [1.29, 1.82) is 0 Å². The van der Waals surface area contributed by atoms with E-state index in [-0.39, 0.29) is 36.9 Å². The molecule has 2 unspecified atom stereocenters. The van der Waals surface area contributed by atoms with Gasteiger partial charge < -0.3 is 10.3 Å². The molecule has 0 aliphatic rings. The minimum absolute atomic E-state index is 0. The molecule has 0 radical (unpaired) electrons. The van der Waals surface area contributed by atoms with Gasteiger partial charge in [-0.3, -0.25) is 0 Å². The van der Waals surface area contributed by atoms with Crippen LogP contribution in [0.4, 0.5) is 0 Å². The third-order valence-corrected chi connectivity index (χ3v) is 6.25. The van der Waals surface area contributed by atoms with Crippen molar-refractivity contribution in [2.24, 2.45) is 11.8 Å². The third kappa shape index (κ3) is 4.93. The van der Waals surface area contributed by atoms with Crippen LogP contribution >= 0.6 is 0 Å². The molecule has 0 bridgehead atoms. The van der Waals surface area contributed by atoms with Crippen molar-refractivity contribution < 1.29 is 23.7 Å². The maximum atomic E-state index is 6.44. The minimum Gasteiger partial charge on any atom is -0.519 e. The van der Waals surface area contributed by atoms with Crippen LogP contribution in [0, 0.1) is 11.8 Å². The summed E-state index contributed by atoms with van der Waals surface area (Å²) in [4.78, 5) is 6.44. The van der Waals surface area contributed by atoms with Gasteiger partial charge in [0.2, 0.25) is 0 Å². The zero-order chi connectivity index (χ0) is 22.6. The van der Waals surface area contributed by atoms with Crippen LogP contribution < -0.4 is 18.9 Å². The van der Waals surface area contributed by atoms with Crippen molar-refractivity contribution in [2.45, 2.75) is 45.9 Å². The SMILES string of the molecule is CCC(C)C([N-]OC(C(C)C)n1nnc2ccccc21)(c1ccccc1)c1ccccc1.[Li+]. The molecule has 0 spiro atoms. The summed E-state index contributed by atoms with van der Waals surface area (Å²) in [6.07, 6.45) is 0.577. The maximum absolute atomic E-state index is 6.44. The monoisotopic (exact) mass is 434 g/mol. The van der Waals surface area contributed by atoms with Crippen LogP contribution in [0.25, 0.3) is 16.5 Å². The van der Waals surface area contributed by atoms with Crippen molar-refractivity contribution in [3.63, 3.8) is 0 Å². The first kappa shape index (κ1) is 25.2. The van der Waals surface area contributed by atoms with Gasteiger partial charge in [0.05, 0.1) is 5.52 Å². The second-order valence-electron chi connectivity index (χ2n) is 8.66. The Morgan fingerprint density at radius 2 is 1.39 bits per heavy atom. The topological polar surface area (TPSA) is 54.0 Å². The number of benzene rings is 3. The molecule has 1 aromatic heterocycles. The molecule has 6 heteroatoms. The number of nitrogens with zero attached hydrogens (tertiary/aromatic N) is 4. The van der Waals surface area contributed by atoms with Gasteiger partial charge >= 0.3 is 18.9 Å². The summed E-state index contributed by atoms with van der Waals surface area (Å²) in [7, 11) is 0. The van der Waals surface area contributed by atoms with Gasteiger partial charge in [0, 0.05) is 0 Å². The van der Waals surface area contributed by atoms with Crippen molar-refractivity contribution in [2.75, 3.05) is 0 Å². The number of aromatic nitrogens is 3. The molecule has 0 N–H and O–H groups in total. The molecule has 2 atom stereocenters. The predicted molar refractivity (Wildman–Crippen MR) is 129 cm³/mol. The fourth-order valence-corrected chi connectivity index (χ4v) is 4.27. The maximum Gasteiger partial charge on any atom is 1.00 e. The van der Waals surface area contributed by atoms with Gasteiger partial charge in [0.15, 0.2) is 0 Å². The van der Waals surface area contributed by atoms with Crippen LogP contribution in [-0.4, -0.2) is 15.0 Å². The molecule has 3 aromatic carbocycles. The number of fused-ring (bicyclic) bond motifs is 1. The zero-order valence-corrected chi connectivity index (χ0v) is 20.2. The Labute approximate surface area is 208 Å². The van der Waals surface area contributed by atoms with E-state index < -0.39 is 5.54 Å². The molecule has 4 rings (SSSR count). The Balaban J connectivity index is 0.00000306. The van der Waals surface area contributed by atoms with Gasteiger partial charge in [0.25, 0.3) is 0 Å². The summed E-state index contributed by atoms with van der Waals surface area (Å²) in [5.41, 5.74) is 8.45. The van der Waals surface area contributed by atoms with Gasteiger partial charge in [-0.25, -0.2) is 4.68 Å². The van der Waals surface area contributed by atoms with E-state index in [9.17, 15) is 0 Å². The van der Waals surface area contributed by atoms with Crippen LogP contribution in [0.15, 0.2) is 84.9 Å². The van der Waals surface area contributed by atoms with Crippen molar-refractivity contribution >= 4 is 11.0 Å². The smallest absolute Gasteiger partial charge is 0.519 e. The molecule has 0 fully saturated rings. The fourth-order valence-electron chi connectivity index (χ4n) is 4.27. The molecule has 166 valence electrons. The Bertz CT molecular complexity index is 1090. The van der Waals surface area contributed by atoms with Gasteiger partial charge in [0.1, 0.15) is 11.7 Å². The van der Waals surface area contributed by atoms with Crippen LogP contribution in [0.1, 0.15) is 51.5 Å². The molecule has 33 heavy (non-hydrogen) atoms. The Hall–Kier alpha value is -2.42. The summed E-state index contributed by atoms with van der Waals surface area (Å²) >= 11 is 0. The quantitative estimate of drug-likeness (QED) is 0.297. The summed E-state index contributed by atoms with van der Waals surface area (Å²) in [5, 5.41) is 8.74. The molecule has 0 saturated carbocycles. The van der Waals surface area contributed by atoms with E-state index in [0.717, 1.165) is 28.6 Å². The van der Waals surface area contributed by atoms with Gasteiger partial charge in [-0.1, -0.05) is 123 Å². The first-order valence-electron chi connectivity index (χ1n) is 11.4. The number of hydrogen-bond acceptors (Lipinski definition) is 3. The van der Waals surface area contributed by atoms with E-state index in [4.69, 9.17) is 10.3 Å². The molecule has 0 amide bonds. The average Bonchev–Trinajstić information content (AvgIpc) is 3.26. The molecular formula is C27H31LiN4O. The van der Waals surface area contributed by atoms with Crippen LogP contribution in [0.2, 0.25) is 0 Å². The van der Waals surface area contributed by atoms with Crippen molar-refractivity contribution in [3.8, 4) is 0 Å². The van der Waals surface area contributed by atoms with Gasteiger partial charge in [-0.2, -0.15) is 0 Å². The molecule has 4 aromatic rings. The predicted octanol–water partition coefficient (Wildman–Crippen LogP) is 3.89. The zero-order valence-electron chi connectivity index (χ0n) is 20.2. The van der Waals surface area contributed by atoms with Crippen LogP contribution in [-0.2, 0) is 10.4 Å². The molecular weight excluding hydrogens is 403 g/mol. The number of hydroxylamine groups is 1. The van der Waals surface area contributed by atoms with E-state index >= 15 is 0 Å². The van der Waals surface area contributed by atoms with E-state index in [0.29, 0.717) is 0 Å². The van der Waals surface area contributed by atoms with Gasteiger partial charge in [-0.15, -0.1) is 5.10 Å². The normalized spacial score (nSPS) is 13.6. The summed E-state index contributed by atoms with van der Waals surface area (Å²) in [6, 6.07) is 28.8. The average molecular weight is 435 g/mol. The number of para-hydroxylation sites is 1. The second kappa shape index (κ2) is 11.1. The van der Waals surface area contributed by atoms with Gasteiger partial charge in [-0.05, 0) is 29.5 Å². The third-order valence-electron chi connectivity index (χ3n) is 6.25. The molecule has 1 heterocycles. The van der Waals surface area contributed by atoms with E-state index in [1.165, 1.54) is 0 Å². The second-order valence-corrected chi connectivity index (χ2v) is 8.66. The van der Waals surface area contributed by atoms with E-state index in [1.807, 2.05) is 41.1 Å². The molecule has 5 nitrogen and oxygen atoms in total.